The van der Waals surface area contributed by atoms with Gasteiger partial charge in [-0.25, -0.2) is 0 Å². The van der Waals surface area contributed by atoms with Gasteiger partial charge in [-0.3, -0.25) is 4.79 Å². The van der Waals surface area contributed by atoms with Crippen molar-refractivity contribution >= 4 is 11.7 Å². The Labute approximate surface area is 126 Å². The second-order valence-electron chi connectivity index (χ2n) is 6.29. The van der Waals surface area contributed by atoms with Crippen LogP contribution in [0, 0.1) is 5.41 Å². The molecule has 2 fully saturated rings. The lowest BCUT2D eigenvalue weighted by atomic mass is 9.71. The number of nitrogens with two attached hydrogens (primary N) is 1. The molecule has 21 heavy (non-hydrogen) atoms. The summed E-state index contributed by atoms with van der Waals surface area (Å²) in [6.07, 6.45) is 7.88. The number of hydrogen-bond acceptors (Lipinski definition) is 4. The van der Waals surface area contributed by atoms with Crippen LogP contribution in [0.4, 0.5) is 0 Å². The van der Waals surface area contributed by atoms with Gasteiger partial charge in [0.2, 0.25) is 5.91 Å². The van der Waals surface area contributed by atoms with E-state index in [2.05, 4.69) is 5.16 Å². The van der Waals surface area contributed by atoms with E-state index in [1.807, 2.05) is 4.90 Å². The molecule has 6 heteroatoms. The minimum atomic E-state index is -0.835. The van der Waals surface area contributed by atoms with E-state index < -0.39 is 5.41 Å². The van der Waals surface area contributed by atoms with Gasteiger partial charge in [-0.15, -0.1) is 0 Å². The molecule has 1 saturated heterocycles. The zero-order chi connectivity index (χ0) is 15.3. The summed E-state index contributed by atoms with van der Waals surface area (Å²) in [7, 11) is 0. The number of likely N-dealkylation sites (tertiary alicyclic amines) is 1. The van der Waals surface area contributed by atoms with Crippen LogP contribution in [0.5, 0.6) is 0 Å². The monoisotopic (exact) mass is 297 g/mol. The molecule has 0 spiro atoms. The first-order valence-corrected chi connectivity index (χ1v) is 8.05. The van der Waals surface area contributed by atoms with Gasteiger partial charge < -0.3 is 20.9 Å². The smallest absolute Gasteiger partial charge is 0.236 e. The number of aliphatic hydroxyl groups excluding tert-OH is 1. The molecule has 1 amide bonds. The average Bonchev–Trinajstić information content (AvgIpc) is 2.55. The lowest BCUT2D eigenvalue weighted by molar-refractivity contribution is -0.144. The Morgan fingerprint density at radius 1 is 1.24 bits per heavy atom. The maximum atomic E-state index is 13.1. The van der Waals surface area contributed by atoms with Crippen molar-refractivity contribution in [2.24, 2.45) is 16.3 Å². The highest BCUT2D eigenvalue weighted by Gasteiger charge is 2.47. The van der Waals surface area contributed by atoms with Gasteiger partial charge in [0.1, 0.15) is 5.41 Å². The van der Waals surface area contributed by atoms with Crippen LogP contribution in [0.25, 0.3) is 0 Å². The van der Waals surface area contributed by atoms with Crippen molar-refractivity contribution in [1.29, 1.82) is 0 Å². The quantitative estimate of drug-likeness (QED) is 0.316. The first-order chi connectivity index (χ1) is 10.2. The molecule has 2 rings (SSSR count). The predicted molar refractivity (Wildman–Crippen MR) is 80.0 cm³/mol. The number of amides is 1. The Kier molecular flexibility index (Phi) is 5.45. The van der Waals surface area contributed by atoms with Crippen LogP contribution in [0.15, 0.2) is 5.16 Å². The number of carbonyl (C=O) groups excluding carboxylic acids is 1. The second kappa shape index (κ2) is 7.11. The molecule has 4 N–H and O–H groups in total. The molecular weight excluding hydrogens is 270 g/mol. The molecule has 120 valence electrons. The Bertz CT molecular complexity index is 390. The summed E-state index contributed by atoms with van der Waals surface area (Å²) in [6, 6.07) is 0.0848. The molecule has 6 nitrogen and oxygen atoms in total. The molecule has 0 aromatic rings. The molecule has 1 unspecified atom stereocenters. The van der Waals surface area contributed by atoms with Crippen molar-refractivity contribution in [2.75, 3.05) is 13.2 Å². The third-order valence-electron chi connectivity index (χ3n) is 5.06. The Hall–Kier alpha value is -1.30. The number of rotatable bonds is 4. The van der Waals surface area contributed by atoms with Crippen LogP contribution in [-0.4, -0.2) is 46.1 Å². The molecule has 1 heterocycles. The number of hydrogen-bond donors (Lipinski definition) is 3. The normalized spacial score (nSPS) is 26.6. The van der Waals surface area contributed by atoms with E-state index in [1.165, 1.54) is 0 Å². The molecule has 0 aromatic carbocycles. The van der Waals surface area contributed by atoms with Gasteiger partial charge in [0, 0.05) is 19.2 Å². The molecule has 2 aliphatic rings. The van der Waals surface area contributed by atoms with Crippen LogP contribution in [0.2, 0.25) is 0 Å². The van der Waals surface area contributed by atoms with Gasteiger partial charge in [0.15, 0.2) is 5.84 Å². The van der Waals surface area contributed by atoms with E-state index in [0.29, 0.717) is 25.8 Å². The van der Waals surface area contributed by atoms with Crippen LogP contribution >= 0.6 is 0 Å². The molecule has 1 aliphatic carbocycles. The van der Waals surface area contributed by atoms with Crippen molar-refractivity contribution in [1.82, 2.24) is 4.90 Å². The molecule has 1 saturated carbocycles. The zero-order valence-electron chi connectivity index (χ0n) is 12.6. The minimum Gasteiger partial charge on any atom is -0.409 e. The molecule has 1 aliphatic heterocycles. The van der Waals surface area contributed by atoms with E-state index in [-0.39, 0.29) is 24.4 Å². The first kappa shape index (κ1) is 16.1. The van der Waals surface area contributed by atoms with Gasteiger partial charge in [-0.2, -0.15) is 0 Å². The van der Waals surface area contributed by atoms with Crippen molar-refractivity contribution in [3.8, 4) is 0 Å². The fourth-order valence-electron chi connectivity index (χ4n) is 3.82. The van der Waals surface area contributed by atoms with Gasteiger partial charge in [0.25, 0.3) is 0 Å². The fourth-order valence-corrected chi connectivity index (χ4v) is 3.82. The number of nitrogens with zero attached hydrogens (tertiary/aromatic N) is 2. The number of carbonyl (C=O) groups is 1. The fraction of sp³-hybridized carbons (Fsp3) is 0.867. The van der Waals surface area contributed by atoms with E-state index in [0.717, 1.165) is 38.5 Å². The van der Waals surface area contributed by atoms with Crippen molar-refractivity contribution in [3.63, 3.8) is 0 Å². The van der Waals surface area contributed by atoms with Crippen molar-refractivity contribution < 1.29 is 15.1 Å². The summed E-state index contributed by atoms with van der Waals surface area (Å²) < 4.78 is 0. The number of oxime groups is 1. The predicted octanol–water partition coefficient (Wildman–Crippen LogP) is 1.45. The van der Waals surface area contributed by atoms with Crippen LogP contribution < -0.4 is 5.73 Å². The third-order valence-corrected chi connectivity index (χ3v) is 5.06. The number of piperidine rings is 1. The first-order valence-electron chi connectivity index (χ1n) is 8.05. The molecule has 1 atom stereocenters. The molecule has 0 aromatic heterocycles. The Balaban J connectivity index is 2.24. The largest absolute Gasteiger partial charge is 0.409 e. The second-order valence-corrected chi connectivity index (χ2v) is 6.29. The van der Waals surface area contributed by atoms with Gasteiger partial charge in [-0.1, -0.05) is 24.4 Å². The highest BCUT2D eigenvalue weighted by molar-refractivity contribution is 6.07. The lowest BCUT2D eigenvalue weighted by Gasteiger charge is -2.43. The van der Waals surface area contributed by atoms with Crippen LogP contribution in [-0.2, 0) is 4.79 Å². The van der Waals surface area contributed by atoms with Gasteiger partial charge >= 0.3 is 0 Å². The summed E-state index contributed by atoms with van der Waals surface area (Å²) in [5.74, 6) is 0.0520. The van der Waals surface area contributed by atoms with Crippen molar-refractivity contribution in [3.05, 3.63) is 0 Å². The maximum absolute atomic E-state index is 13.1. The minimum absolute atomic E-state index is 0.00403. The average molecular weight is 297 g/mol. The van der Waals surface area contributed by atoms with E-state index >= 15 is 0 Å². The number of amidine groups is 1. The SMILES string of the molecule is NC(=NO)C1(C(=O)N2CCCCC2CCO)CCCCC1. The number of aliphatic hydroxyl groups is 1. The summed E-state index contributed by atoms with van der Waals surface area (Å²) in [5.41, 5.74) is 5.08. The highest BCUT2D eigenvalue weighted by Crippen LogP contribution is 2.40. The maximum Gasteiger partial charge on any atom is 0.236 e. The standard InChI is InChI=1S/C15H27N3O3/c16-13(17-21)15(8-3-1-4-9-15)14(20)18-10-5-2-6-12(18)7-11-19/h12,19,21H,1-11H2,(H2,16,17). The van der Waals surface area contributed by atoms with Gasteiger partial charge in [0.05, 0.1) is 0 Å². The zero-order valence-corrected chi connectivity index (χ0v) is 12.6. The summed E-state index contributed by atoms with van der Waals surface area (Å²) in [4.78, 5) is 15.0. The van der Waals surface area contributed by atoms with Crippen LogP contribution in [0.3, 0.4) is 0 Å². The van der Waals surface area contributed by atoms with E-state index in [9.17, 15) is 9.90 Å². The lowest BCUT2D eigenvalue weighted by Crippen LogP contribution is -2.56. The molecule has 0 bridgehead atoms. The summed E-state index contributed by atoms with van der Waals surface area (Å²) in [5, 5.41) is 21.5. The van der Waals surface area contributed by atoms with Crippen molar-refractivity contribution in [2.45, 2.75) is 63.8 Å². The summed E-state index contributed by atoms with van der Waals surface area (Å²) >= 11 is 0. The third kappa shape index (κ3) is 3.15. The van der Waals surface area contributed by atoms with Gasteiger partial charge in [-0.05, 0) is 38.5 Å². The highest BCUT2D eigenvalue weighted by atomic mass is 16.4. The van der Waals surface area contributed by atoms with Crippen LogP contribution in [0.1, 0.15) is 57.8 Å². The Morgan fingerprint density at radius 3 is 2.57 bits per heavy atom. The molecular formula is C15H27N3O3. The summed E-state index contributed by atoms with van der Waals surface area (Å²) in [6.45, 7) is 0.801. The molecule has 0 radical (unpaired) electrons. The Morgan fingerprint density at radius 2 is 1.95 bits per heavy atom. The topological polar surface area (TPSA) is 99.2 Å². The van der Waals surface area contributed by atoms with E-state index in [4.69, 9.17) is 10.9 Å². The van der Waals surface area contributed by atoms with E-state index in [1.54, 1.807) is 0 Å².